The first kappa shape index (κ1) is 26.6. The van der Waals surface area contributed by atoms with Crippen molar-refractivity contribution in [1.29, 1.82) is 0 Å². The molecule has 1 aromatic carbocycles. The van der Waals surface area contributed by atoms with Crippen LogP contribution in [0.1, 0.15) is 53.5 Å². The molecule has 2 atom stereocenters. The number of carbonyl (C=O) groups is 1. The highest BCUT2D eigenvalue weighted by Crippen LogP contribution is 2.42. The van der Waals surface area contributed by atoms with Gasteiger partial charge in [-0.05, 0) is 29.1 Å². The maximum atomic E-state index is 11.8. The molecule has 1 rings (SSSR count). The minimum Gasteiger partial charge on any atom is -0.465 e. The molecule has 30 heavy (non-hydrogen) atoms. The zero-order valence-electron chi connectivity index (χ0n) is 19.9. The molecule has 0 spiro atoms. The van der Waals surface area contributed by atoms with E-state index in [-0.39, 0.29) is 42.7 Å². The summed E-state index contributed by atoms with van der Waals surface area (Å²) in [4.78, 5) is 12.8. The van der Waals surface area contributed by atoms with Gasteiger partial charge < -0.3 is 24.6 Å². The van der Waals surface area contributed by atoms with E-state index < -0.39 is 20.0 Å². The fourth-order valence-electron chi connectivity index (χ4n) is 3.06. The van der Waals surface area contributed by atoms with Crippen molar-refractivity contribution in [1.82, 2.24) is 4.90 Å². The van der Waals surface area contributed by atoms with Crippen LogP contribution in [0.2, 0.25) is 18.1 Å². The third-order valence-electron chi connectivity index (χ3n) is 6.14. The summed E-state index contributed by atoms with van der Waals surface area (Å²) in [7, 11) is -2.14. The van der Waals surface area contributed by atoms with Crippen molar-refractivity contribution < 1.29 is 24.5 Å². The van der Waals surface area contributed by atoms with Gasteiger partial charge in [-0.1, -0.05) is 71.9 Å². The Kier molecular flexibility index (Phi) is 8.70. The molecule has 0 bridgehead atoms. The van der Waals surface area contributed by atoms with Gasteiger partial charge in [0, 0.05) is 13.0 Å². The van der Waals surface area contributed by atoms with Crippen LogP contribution < -0.4 is 0 Å². The highest BCUT2D eigenvalue weighted by atomic mass is 28.4. The highest BCUT2D eigenvalue weighted by molar-refractivity contribution is 6.74. The second-order valence-electron chi connectivity index (χ2n) is 10.8. The van der Waals surface area contributed by atoms with E-state index in [1.807, 2.05) is 30.3 Å². The lowest BCUT2D eigenvalue weighted by atomic mass is 9.79. The molecule has 2 unspecified atom stereocenters. The monoisotopic (exact) mass is 439 g/mol. The van der Waals surface area contributed by atoms with E-state index >= 15 is 0 Å². The van der Waals surface area contributed by atoms with Gasteiger partial charge >= 0.3 is 6.09 Å². The second kappa shape index (κ2) is 9.81. The summed E-state index contributed by atoms with van der Waals surface area (Å²) in [6, 6.07) is 9.15. The number of amides is 1. The molecule has 0 aromatic heterocycles. The average Bonchev–Trinajstić information content (AvgIpc) is 2.59. The summed E-state index contributed by atoms with van der Waals surface area (Å²) in [5.74, 6) is 0. The summed E-state index contributed by atoms with van der Waals surface area (Å²) in [6.07, 6.45) is -1.20. The van der Waals surface area contributed by atoms with Gasteiger partial charge in [0.1, 0.15) is 5.60 Å². The Morgan fingerprint density at radius 2 is 1.63 bits per heavy atom. The molecule has 0 saturated heterocycles. The predicted octanol–water partition coefficient (Wildman–Crippen LogP) is 4.67. The van der Waals surface area contributed by atoms with Gasteiger partial charge in [-0.2, -0.15) is 0 Å². The van der Waals surface area contributed by atoms with Crippen LogP contribution >= 0.6 is 0 Å². The molecule has 7 heteroatoms. The first-order valence-corrected chi connectivity index (χ1v) is 13.5. The molecule has 0 fully saturated rings. The van der Waals surface area contributed by atoms with Crippen LogP contribution in [0.5, 0.6) is 0 Å². The molecular formula is C23H41NO5Si. The summed E-state index contributed by atoms with van der Waals surface area (Å²) < 4.78 is 6.75. The topological polar surface area (TPSA) is 90.2 Å². The van der Waals surface area contributed by atoms with Crippen molar-refractivity contribution in [3.63, 3.8) is 0 Å². The first-order chi connectivity index (χ1) is 13.5. The fourth-order valence-corrected chi connectivity index (χ4v) is 4.57. The van der Waals surface area contributed by atoms with E-state index in [1.165, 1.54) is 0 Å². The Labute approximate surface area is 183 Å². The lowest BCUT2D eigenvalue weighted by Gasteiger charge is -2.46. The number of aliphatic hydroxyl groups is 2. The quantitative estimate of drug-likeness (QED) is 0.486. The first-order valence-electron chi connectivity index (χ1n) is 10.6. The average molecular weight is 440 g/mol. The summed E-state index contributed by atoms with van der Waals surface area (Å²) in [6.45, 7) is 16.6. The molecule has 3 N–H and O–H groups in total. The van der Waals surface area contributed by atoms with E-state index in [1.54, 1.807) is 0 Å². The van der Waals surface area contributed by atoms with Crippen LogP contribution in [0.3, 0.4) is 0 Å². The number of benzene rings is 1. The smallest absolute Gasteiger partial charge is 0.407 e. The molecule has 1 amide bonds. The van der Waals surface area contributed by atoms with Gasteiger partial charge in [-0.3, -0.25) is 0 Å². The molecule has 0 aliphatic carbocycles. The highest BCUT2D eigenvalue weighted by Gasteiger charge is 2.45. The van der Waals surface area contributed by atoms with Crippen molar-refractivity contribution in [2.75, 3.05) is 19.7 Å². The fraction of sp³-hybridized carbons (Fsp3) is 0.696. The number of aliphatic hydroxyl groups excluding tert-OH is 1. The number of rotatable bonds is 9. The largest absolute Gasteiger partial charge is 0.465 e. The van der Waals surface area contributed by atoms with Crippen LogP contribution in [0.15, 0.2) is 30.3 Å². The summed E-state index contributed by atoms with van der Waals surface area (Å²) >= 11 is 0. The SMILES string of the molecule is CC(C)(C)C(CC(O)(CN(CCO)C(=O)O)c1ccccc1)O[Si](C)(C)C(C)(C)C. The third-order valence-corrected chi connectivity index (χ3v) is 10.6. The van der Waals surface area contributed by atoms with E-state index in [0.29, 0.717) is 5.56 Å². The van der Waals surface area contributed by atoms with Crippen LogP contribution in [0.4, 0.5) is 4.79 Å². The molecule has 0 heterocycles. The Balaban J connectivity index is 3.38. The second-order valence-corrected chi connectivity index (χ2v) is 15.5. The van der Waals surface area contributed by atoms with Gasteiger partial charge in [-0.15, -0.1) is 0 Å². The Bertz CT molecular complexity index is 681. The van der Waals surface area contributed by atoms with Crippen molar-refractivity contribution in [2.45, 2.75) is 77.8 Å². The maximum absolute atomic E-state index is 11.8. The van der Waals surface area contributed by atoms with Gasteiger partial charge in [0.25, 0.3) is 0 Å². The molecule has 172 valence electrons. The lowest BCUT2D eigenvalue weighted by Crippen LogP contribution is -2.52. The van der Waals surface area contributed by atoms with Crippen molar-refractivity contribution >= 4 is 14.4 Å². The number of carboxylic acid groups (broad SMARTS) is 1. The number of hydrogen-bond donors (Lipinski definition) is 3. The molecule has 0 aliphatic heterocycles. The Hall–Kier alpha value is -1.41. The van der Waals surface area contributed by atoms with Gasteiger partial charge in [0.05, 0.1) is 19.3 Å². The van der Waals surface area contributed by atoms with Gasteiger partial charge in [-0.25, -0.2) is 4.79 Å². The van der Waals surface area contributed by atoms with E-state index in [9.17, 15) is 20.1 Å². The summed E-state index contributed by atoms with van der Waals surface area (Å²) in [5.41, 5.74) is -1.07. The standard InChI is InChI=1S/C23H41NO5Si/c1-21(2,3)19(29-30(7,8)22(4,5)6)16-23(28,18-12-10-9-11-13-18)17-24(14-15-25)20(26)27/h9-13,19,25,28H,14-17H2,1-8H3,(H,26,27). The predicted molar refractivity (Wildman–Crippen MR) is 123 cm³/mol. The van der Waals surface area contributed by atoms with Crippen LogP contribution in [-0.2, 0) is 10.0 Å². The van der Waals surface area contributed by atoms with Crippen molar-refractivity contribution in [2.24, 2.45) is 5.41 Å². The van der Waals surface area contributed by atoms with Crippen LogP contribution in [0.25, 0.3) is 0 Å². The molecule has 6 nitrogen and oxygen atoms in total. The van der Waals surface area contributed by atoms with Crippen molar-refractivity contribution in [3.05, 3.63) is 35.9 Å². The van der Waals surface area contributed by atoms with Gasteiger partial charge in [0.2, 0.25) is 0 Å². The number of hydrogen-bond acceptors (Lipinski definition) is 4. The minimum absolute atomic E-state index is 0.00531. The van der Waals surface area contributed by atoms with Crippen LogP contribution in [-0.4, -0.2) is 60.4 Å². The Morgan fingerprint density at radius 3 is 2.03 bits per heavy atom. The maximum Gasteiger partial charge on any atom is 0.407 e. The molecule has 0 saturated carbocycles. The van der Waals surface area contributed by atoms with E-state index in [4.69, 9.17) is 4.43 Å². The van der Waals surface area contributed by atoms with E-state index in [2.05, 4.69) is 54.6 Å². The number of nitrogens with zero attached hydrogens (tertiary/aromatic N) is 1. The third kappa shape index (κ3) is 7.08. The van der Waals surface area contributed by atoms with Crippen molar-refractivity contribution in [3.8, 4) is 0 Å². The normalized spacial score (nSPS) is 16.1. The zero-order chi connectivity index (χ0) is 23.4. The molecular weight excluding hydrogens is 398 g/mol. The Morgan fingerprint density at radius 1 is 1.10 bits per heavy atom. The minimum atomic E-state index is -2.14. The lowest BCUT2D eigenvalue weighted by molar-refractivity contribution is -0.0593. The zero-order valence-corrected chi connectivity index (χ0v) is 20.9. The van der Waals surface area contributed by atoms with Crippen LogP contribution in [0, 0.1) is 5.41 Å². The summed E-state index contributed by atoms with van der Waals surface area (Å²) in [5, 5.41) is 30.7. The van der Waals surface area contributed by atoms with Gasteiger partial charge in [0.15, 0.2) is 8.32 Å². The van der Waals surface area contributed by atoms with E-state index in [0.717, 1.165) is 4.90 Å². The molecule has 0 aliphatic rings. The molecule has 0 radical (unpaired) electrons. The molecule has 1 aromatic rings.